The maximum absolute atomic E-state index is 8.74. The molecule has 0 unspecified atom stereocenters. The molecule has 112 valence electrons. The molecule has 0 saturated carbocycles. The topological polar surface area (TPSA) is 94.8 Å². The predicted molar refractivity (Wildman–Crippen MR) is 72.8 cm³/mol. The Hall–Kier alpha value is 0.830. The van der Waals surface area contributed by atoms with Crippen molar-refractivity contribution < 1.29 is 52.2 Å². The summed E-state index contributed by atoms with van der Waals surface area (Å²) in [6, 6.07) is 0. The molecule has 0 aromatic rings. The zero-order valence-corrected chi connectivity index (χ0v) is 14.9. The van der Waals surface area contributed by atoms with E-state index in [1.807, 2.05) is 0 Å². The summed E-state index contributed by atoms with van der Waals surface area (Å²) in [4.78, 5) is 0. The zero-order valence-electron chi connectivity index (χ0n) is 12.1. The van der Waals surface area contributed by atoms with Crippen molar-refractivity contribution in [2.45, 2.75) is 64.2 Å². The molecule has 0 aliphatic rings. The van der Waals surface area contributed by atoms with E-state index >= 15 is 0 Å². The fraction of sp³-hybridized carbons (Fsp3) is 0.917. The fourth-order valence-corrected chi connectivity index (χ4v) is 1.53. The van der Waals surface area contributed by atoms with Crippen LogP contribution in [0.2, 0.25) is 0 Å². The van der Waals surface area contributed by atoms with Crippen molar-refractivity contribution in [3.05, 3.63) is 6.92 Å². The molecule has 0 amide bonds. The van der Waals surface area contributed by atoms with Crippen molar-refractivity contribution >= 4 is 10.4 Å². The summed E-state index contributed by atoms with van der Waals surface area (Å²) in [5.74, 6) is 0. The van der Waals surface area contributed by atoms with Gasteiger partial charge in [0.15, 0.2) is 0 Å². The van der Waals surface area contributed by atoms with Gasteiger partial charge in [-0.05, 0) is 6.42 Å². The number of aliphatic hydroxyl groups excluding tert-OH is 1. The van der Waals surface area contributed by atoms with Crippen LogP contribution in [0.15, 0.2) is 0 Å². The van der Waals surface area contributed by atoms with E-state index in [-0.39, 0.29) is 29.6 Å². The van der Waals surface area contributed by atoms with Gasteiger partial charge in [0.2, 0.25) is 0 Å². The third-order valence-electron chi connectivity index (χ3n) is 2.41. The van der Waals surface area contributed by atoms with Crippen LogP contribution >= 0.6 is 0 Å². The first-order valence-electron chi connectivity index (χ1n) is 6.51. The van der Waals surface area contributed by atoms with Gasteiger partial charge in [-0.3, -0.25) is 9.11 Å². The third kappa shape index (κ3) is 45.5. The molecule has 7 heteroatoms. The Kier molecular flexibility index (Phi) is 24.6. The number of hydrogen-bond donors (Lipinski definition) is 3. The van der Waals surface area contributed by atoms with E-state index in [0.717, 1.165) is 12.8 Å². The van der Waals surface area contributed by atoms with Gasteiger partial charge in [0.1, 0.15) is 0 Å². The second-order valence-electron chi connectivity index (χ2n) is 4.21. The Bertz CT molecular complexity index is 227. The quantitative estimate of drug-likeness (QED) is 0.230. The van der Waals surface area contributed by atoms with E-state index < -0.39 is 10.4 Å². The summed E-state index contributed by atoms with van der Waals surface area (Å²) in [6.07, 6.45) is 12.7. The van der Waals surface area contributed by atoms with E-state index in [1.54, 1.807) is 0 Å². The SMILES string of the molecule is O=S(=O)(O)O.[CH2-]CCCCCCCCCCCO.[Na+]. The van der Waals surface area contributed by atoms with Gasteiger partial charge in [-0.25, -0.2) is 0 Å². The van der Waals surface area contributed by atoms with Crippen molar-refractivity contribution in [1.82, 2.24) is 0 Å². The molecule has 0 radical (unpaired) electrons. The normalized spacial score (nSPS) is 10.3. The summed E-state index contributed by atoms with van der Waals surface area (Å²) in [5.41, 5.74) is 0. The number of unbranched alkanes of at least 4 members (excludes halogenated alkanes) is 9. The van der Waals surface area contributed by atoms with Crippen LogP contribution in [0.5, 0.6) is 0 Å². The van der Waals surface area contributed by atoms with Crippen LogP contribution in [0.3, 0.4) is 0 Å². The first kappa shape index (κ1) is 24.8. The van der Waals surface area contributed by atoms with Crippen molar-refractivity contribution in [3.8, 4) is 0 Å². The molecular formula is C12H27NaO5S. The van der Waals surface area contributed by atoms with Gasteiger partial charge in [0, 0.05) is 6.61 Å². The Labute approximate surface area is 140 Å². The average Bonchev–Trinajstić information content (AvgIpc) is 2.25. The second-order valence-corrected chi connectivity index (χ2v) is 5.10. The molecule has 0 saturated heterocycles. The van der Waals surface area contributed by atoms with Gasteiger partial charge in [0.25, 0.3) is 0 Å². The molecule has 3 N–H and O–H groups in total. The van der Waals surface area contributed by atoms with Crippen molar-refractivity contribution in [2.75, 3.05) is 6.61 Å². The molecule has 5 nitrogen and oxygen atoms in total. The molecule has 0 spiro atoms. The molecule has 0 atom stereocenters. The first-order valence-corrected chi connectivity index (χ1v) is 7.91. The zero-order chi connectivity index (χ0) is 14.3. The standard InChI is InChI=1S/C12H25O.Na.H2O4S/c1-2-3-4-5-6-7-8-9-10-11-12-13;;1-5(2,3)4/h13H,1-12H2;;(H2,1,2,3,4)/q-1;+1;. The van der Waals surface area contributed by atoms with Crippen LogP contribution in [0.4, 0.5) is 0 Å². The summed E-state index contributed by atoms with van der Waals surface area (Å²) in [5, 5.41) is 8.56. The van der Waals surface area contributed by atoms with Crippen LogP contribution < -0.4 is 29.6 Å². The number of aliphatic hydroxyl groups is 1. The van der Waals surface area contributed by atoms with E-state index in [4.69, 9.17) is 22.6 Å². The molecule has 0 aliphatic carbocycles. The molecule has 19 heavy (non-hydrogen) atoms. The smallest absolute Gasteiger partial charge is 0.396 e. The Morgan fingerprint density at radius 2 is 1.00 bits per heavy atom. The van der Waals surface area contributed by atoms with Crippen LogP contribution in [0, 0.1) is 6.92 Å². The molecule has 0 aromatic heterocycles. The van der Waals surface area contributed by atoms with Crippen molar-refractivity contribution in [3.63, 3.8) is 0 Å². The number of hydrogen-bond acceptors (Lipinski definition) is 3. The molecule has 0 rings (SSSR count). The number of rotatable bonds is 10. The van der Waals surface area contributed by atoms with Gasteiger partial charge in [-0.2, -0.15) is 14.8 Å². The minimum Gasteiger partial charge on any atom is -0.396 e. The van der Waals surface area contributed by atoms with Gasteiger partial charge in [-0.15, -0.1) is 0 Å². The Morgan fingerprint density at radius 1 is 0.737 bits per heavy atom. The van der Waals surface area contributed by atoms with Crippen LogP contribution in [-0.2, 0) is 10.4 Å². The van der Waals surface area contributed by atoms with Gasteiger partial charge < -0.3 is 12.0 Å². The molecule has 0 bridgehead atoms. The Morgan fingerprint density at radius 3 is 1.26 bits per heavy atom. The third-order valence-corrected chi connectivity index (χ3v) is 2.41. The average molecular weight is 306 g/mol. The minimum atomic E-state index is -4.67. The molecule has 0 aliphatic heterocycles. The van der Waals surface area contributed by atoms with E-state index in [1.165, 1.54) is 51.4 Å². The fourth-order valence-electron chi connectivity index (χ4n) is 1.53. The summed E-state index contributed by atoms with van der Waals surface area (Å²) in [6.45, 7) is 4.19. The van der Waals surface area contributed by atoms with Crippen LogP contribution in [0.25, 0.3) is 0 Å². The maximum Gasteiger partial charge on any atom is 1.00 e. The van der Waals surface area contributed by atoms with Crippen molar-refractivity contribution in [1.29, 1.82) is 0 Å². The summed E-state index contributed by atoms with van der Waals surface area (Å²) in [7, 11) is -4.67. The summed E-state index contributed by atoms with van der Waals surface area (Å²) < 4.78 is 31.6. The van der Waals surface area contributed by atoms with E-state index in [9.17, 15) is 0 Å². The monoisotopic (exact) mass is 306 g/mol. The van der Waals surface area contributed by atoms with Crippen LogP contribution in [0.1, 0.15) is 64.2 Å². The van der Waals surface area contributed by atoms with Crippen molar-refractivity contribution in [2.24, 2.45) is 0 Å². The van der Waals surface area contributed by atoms with Gasteiger partial charge >= 0.3 is 40.0 Å². The molecule has 0 aromatic carbocycles. The Balaban J connectivity index is -0.000000366. The van der Waals surface area contributed by atoms with Crippen LogP contribution in [-0.4, -0.2) is 29.2 Å². The minimum absolute atomic E-state index is 0. The summed E-state index contributed by atoms with van der Waals surface area (Å²) >= 11 is 0. The molecular weight excluding hydrogens is 279 g/mol. The predicted octanol–water partition coefficient (Wildman–Crippen LogP) is 0.0650. The maximum atomic E-state index is 8.74. The van der Waals surface area contributed by atoms with Gasteiger partial charge in [0.05, 0.1) is 0 Å². The first-order chi connectivity index (χ1) is 8.41. The largest absolute Gasteiger partial charge is 1.00 e. The second kappa shape index (κ2) is 18.8. The van der Waals surface area contributed by atoms with E-state index in [0.29, 0.717) is 6.61 Å². The molecule has 0 heterocycles. The molecule has 0 fully saturated rings. The van der Waals surface area contributed by atoms with Gasteiger partial charge in [-0.1, -0.05) is 51.4 Å². The van der Waals surface area contributed by atoms with E-state index in [2.05, 4.69) is 6.92 Å².